The van der Waals surface area contributed by atoms with E-state index >= 15 is 0 Å². The number of nitrogens with one attached hydrogen (secondary N) is 1. The third kappa shape index (κ3) is 2.71. The van der Waals surface area contributed by atoms with Crippen LogP contribution in [0.25, 0.3) is 11.0 Å². The van der Waals surface area contributed by atoms with Crippen molar-refractivity contribution in [2.75, 3.05) is 5.32 Å². The third-order valence-corrected chi connectivity index (χ3v) is 4.14. The van der Waals surface area contributed by atoms with Crippen LogP contribution in [0.2, 0.25) is 5.02 Å². The molecule has 1 aromatic carbocycles. The first-order valence-electron chi connectivity index (χ1n) is 7.00. The van der Waals surface area contributed by atoms with Crippen molar-refractivity contribution < 1.29 is 4.79 Å². The lowest BCUT2D eigenvalue weighted by Gasteiger charge is -2.11. The van der Waals surface area contributed by atoms with E-state index in [-0.39, 0.29) is 5.56 Å². The fourth-order valence-electron chi connectivity index (χ4n) is 2.39. The number of hydrogen-bond donors (Lipinski definition) is 1. The number of fused-ring (bicyclic) bond motifs is 1. The van der Waals surface area contributed by atoms with Crippen LogP contribution in [0.3, 0.4) is 0 Å². The Bertz CT molecular complexity index is 979. The Kier molecular flexibility index (Phi) is 3.88. The molecule has 3 rings (SSSR count). The van der Waals surface area contributed by atoms with Crippen LogP contribution in [-0.4, -0.2) is 15.5 Å². The summed E-state index contributed by atoms with van der Waals surface area (Å²) in [4.78, 5) is 29.1. The highest BCUT2D eigenvalue weighted by molar-refractivity contribution is 6.31. The minimum atomic E-state index is -0.471. The molecule has 6 heteroatoms. The first-order chi connectivity index (χ1) is 11.0. The van der Waals surface area contributed by atoms with E-state index < -0.39 is 11.5 Å². The van der Waals surface area contributed by atoms with Gasteiger partial charge in [-0.05, 0) is 42.8 Å². The van der Waals surface area contributed by atoms with Gasteiger partial charge in [-0.15, -0.1) is 0 Å². The number of halogens is 1. The van der Waals surface area contributed by atoms with Crippen molar-refractivity contribution in [1.82, 2.24) is 9.55 Å². The van der Waals surface area contributed by atoms with Gasteiger partial charge in [0, 0.05) is 29.3 Å². The number of pyridine rings is 2. The van der Waals surface area contributed by atoms with Crippen LogP contribution >= 0.6 is 11.6 Å². The lowest BCUT2D eigenvalue weighted by atomic mass is 10.1. The van der Waals surface area contributed by atoms with E-state index in [1.807, 2.05) is 6.07 Å². The molecule has 0 fully saturated rings. The normalized spacial score (nSPS) is 10.7. The van der Waals surface area contributed by atoms with Crippen LogP contribution in [0.4, 0.5) is 5.69 Å². The second-order valence-corrected chi connectivity index (χ2v) is 5.61. The number of benzene rings is 1. The predicted molar refractivity (Wildman–Crippen MR) is 91.1 cm³/mol. The zero-order valence-corrected chi connectivity index (χ0v) is 13.4. The van der Waals surface area contributed by atoms with Gasteiger partial charge in [-0.1, -0.05) is 17.7 Å². The summed E-state index contributed by atoms with van der Waals surface area (Å²) in [5, 5.41) is 4.02. The highest BCUT2D eigenvalue weighted by atomic mass is 35.5. The van der Waals surface area contributed by atoms with E-state index in [2.05, 4.69) is 10.3 Å². The van der Waals surface area contributed by atoms with Gasteiger partial charge >= 0.3 is 0 Å². The topological polar surface area (TPSA) is 64.0 Å². The summed E-state index contributed by atoms with van der Waals surface area (Å²) < 4.78 is 1.37. The zero-order chi connectivity index (χ0) is 16.6. The molecule has 0 aliphatic carbocycles. The van der Waals surface area contributed by atoms with Crippen molar-refractivity contribution in [3.63, 3.8) is 0 Å². The number of amides is 1. The van der Waals surface area contributed by atoms with E-state index in [0.29, 0.717) is 16.4 Å². The molecule has 23 heavy (non-hydrogen) atoms. The van der Waals surface area contributed by atoms with Crippen LogP contribution in [0.5, 0.6) is 0 Å². The second-order valence-electron chi connectivity index (χ2n) is 5.20. The van der Waals surface area contributed by atoms with Crippen LogP contribution in [-0.2, 0) is 7.05 Å². The summed E-state index contributed by atoms with van der Waals surface area (Å²) in [5.41, 5.74) is 1.53. The molecule has 1 N–H and O–H groups in total. The molecule has 0 atom stereocenters. The molecule has 1 amide bonds. The van der Waals surface area contributed by atoms with Crippen molar-refractivity contribution in [1.29, 1.82) is 0 Å². The maximum Gasteiger partial charge on any atom is 0.264 e. The second kappa shape index (κ2) is 5.85. The first-order valence-corrected chi connectivity index (χ1v) is 7.38. The smallest absolute Gasteiger partial charge is 0.264 e. The average molecular weight is 328 g/mol. The van der Waals surface area contributed by atoms with E-state index in [9.17, 15) is 9.59 Å². The third-order valence-electron chi connectivity index (χ3n) is 3.73. The number of nitrogens with zero attached hydrogens (tertiary/aromatic N) is 2. The van der Waals surface area contributed by atoms with Gasteiger partial charge in [0.05, 0.1) is 0 Å². The predicted octanol–water partition coefficient (Wildman–Crippen LogP) is 3.15. The van der Waals surface area contributed by atoms with E-state index in [1.165, 1.54) is 4.57 Å². The molecule has 5 nitrogen and oxygen atoms in total. The van der Waals surface area contributed by atoms with Crippen molar-refractivity contribution in [3.8, 4) is 0 Å². The molecule has 0 saturated carbocycles. The quantitative estimate of drug-likeness (QED) is 0.786. The molecule has 0 aliphatic heterocycles. The van der Waals surface area contributed by atoms with Crippen LogP contribution in [0.1, 0.15) is 15.9 Å². The minimum absolute atomic E-state index is 0.0624. The zero-order valence-electron chi connectivity index (χ0n) is 12.6. The Morgan fingerprint density at radius 3 is 2.83 bits per heavy atom. The van der Waals surface area contributed by atoms with Gasteiger partial charge in [-0.2, -0.15) is 0 Å². The Balaban J connectivity index is 2.06. The SMILES string of the molecule is Cc1c(Cl)cccc1NC(=O)c1cc2cccnc2n(C)c1=O. The number of hydrogen-bond acceptors (Lipinski definition) is 3. The van der Waals surface area contributed by atoms with Crippen LogP contribution in [0.15, 0.2) is 47.4 Å². The molecule has 2 aromatic heterocycles. The molecule has 2 heterocycles. The van der Waals surface area contributed by atoms with Gasteiger partial charge in [0.25, 0.3) is 11.5 Å². The van der Waals surface area contributed by atoms with Gasteiger partial charge in [0.15, 0.2) is 0 Å². The Morgan fingerprint density at radius 2 is 2.04 bits per heavy atom. The van der Waals surface area contributed by atoms with E-state index in [0.717, 1.165) is 10.9 Å². The van der Waals surface area contributed by atoms with Crippen molar-refractivity contribution in [3.05, 3.63) is 69.1 Å². The van der Waals surface area contributed by atoms with E-state index in [4.69, 9.17) is 11.6 Å². The highest BCUT2D eigenvalue weighted by Gasteiger charge is 2.16. The van der Waals surface area contributed by atoms with Gasteiger partial charge in [-0.25, -0.2) is 4.98 Å². The van der Waals surface area contributed by atoms with Gasteiger partial charge < -0.3 is 5.32 Å². The number of rotatable bonds is 2. The molecule has 0 radical (unpaired) electrons. The summed E-state index contributed by atoms with van der Waals surface area (Å²) in [6.07, 6.45) is 1.61. The summed E-state index contributed by atoms with van der Waals surface area (Å²) in [6, 6.07) is 10.4. The van der Waals surface area contributed by atoms with Crippen molar-refractivity contribution in [2.45, 2.75) is 6.92 Å². The fourth-order valence-corrected chi connectivity index (χ4v) is 2.57. The number of carbonyl (C=O) groups is 1. The van der Waals surface area contributed by atoms with Crippen LogP contribution in [0, 0.1) is 6.92 Å². The first kappa shape index (κ1) is 15.2. The monoisotopic (exact) mass is 327 g/mol. The summed E-state index contributed by atoms with van der Waals surface area (Å²) in [6.45, 7) is 1.81. The molecule has 0 saturated heterocycles. The van der Waals surface area contributed by atoms with E-state index in [1.54, 1.807) is 50.5 Å². The molecular weight excluding hydrogens is 314 g/mol. The molecule has 0 spiro atoms. The lowest BCUT2D eigenvalue weighted by molar-refractivity contribution is 0.102. The van der Waals surface area contributed by atoms with Crippen molar-refractivity contribution >= 4 is 34.2 Å². The standard InChI is InChI=1S/C17H14ClN3O2/c1-10-13(18)6-3-7-14(10)20-16(22)12-9-11-5-4-8-19-15(11)21(2)17(12)23/h3-9H,1-2H3,(H,20,22). The molecule has 116 valence electrons. The summed E-state index contributed by atoms with van der Waals surface area (Å²) >= 11 is 6.05. The number of carbonyl (C=O) groups excluding carboxylic acids is 1. The molecule has 3 aromatic rings. The summed E-state index contributed by atoms with van der Waals surface area (Å²) in [5.74, 6) is -0.471. The van der Waals surface area contributed by atoms with Gasteiger partial charge in [-0.3, -0.25) is 14.2 Å². The maximum atomic E-state index is 12.5. The number of aromatic nitrogens is 2. The Labute approximate surface area is 137 Å². The van der Waals surface area contributed by atoms with Crippen LogP contribution < -0.4 is 10.9 Å². The molecule has 0 aliphatic rings. The van der Waals surface area contributed by atoms with Gasteiger partial charge in [0.1, 0.15) is 11.2 Å². The summed E-state index contributed by atoms with van der Waals surface area (Å²) in [7, 11) is 1.60. The Hall–Kier alpha value is -2.66. The highest BCUT2D eigenvalue weighted by Crippen LogP contribution is 2.23. The maximum absolute atomic E-state index is 12.5. The number of aryl methyl sites for hydroxylation is 1. The molecule has 0 bridgehead atoms. The molecule has 0 unspecified atom stereocenters. The van der Waals surface area contributed by atoms with Crippen molar-refractivity contribution in [2.24, 2.45) is 7.05 Å². The van der Waals surface area contributed by atoms with Gasteiger partial charge in [0.2, 0.25) is 0 Å². The minimum Gasteiger partial charge on any atom is -0.322 e. The average Bonchev–Trinajstić information content (AvgIpc) is 2.55. The number of anilines is 1. The lowest BCUT2D eigenvalue weighted by Crippen LogP contribution is -2.28. The Morgan fingerprint density at radius 1 is 1.26 bits per heavy atom. The fraction of sp³-hybridized carbons (Fsp3) is 0.118. The largest absolute Gasteiger partial charge is 0.322 e. The molecular formula is C17H14ClN3O2.